The van der Waals surface area contributed by atoms with Gasteiger partial charge in [-0.2, -0.15) is 0 Å². The van der Waals surface area contributed by atoms with Crippen molar-refractivity contribution in [2.24, 2.45) is 5.92 Å². The van der Waals surface area contributed by atoms with E-state index in [9.17, 15) is 4.79 Å². The first kappa shape index (κ1) is 13.2. The summed E-state index contributed by atoms with van der Waals surface area (Å²) in [6.45, 7) is 1.27. The maximum atomic E-state index is 11.8. The maximum Gasteiger partial charge on any atom is 0.148 e. The van der Waals surface area contributed by atoms with Crippen molar-refractivity contribution in [1.82, 2.24) is 0 Å². The van der Waals surface area contributed by atoms with E-state index >= 15 is 0 Å². The van der Waals surface area contributed by atoms with E-state index in [1.165, 1.54) is 11.8 Å². The molecule has 1 saturated heterocycles. The van der Waals surface area contributed by atoms with Crippen molar-refractivity contribution in [1.29, 1.82) is 0 Å². The van der Waals surface area contributed by atoms with Crippen molar-refractivity contribution in [3.63, 3.8) is 0 Å². The van der Waals surface area contributed by atoms with Crippen LogP contribution < -0.4 is 0 Å². The molecular formula is C12H12Cl2O2S. The van der Waals surface area contributed by atoms with Crippen molar-refractivity contribution in [3.8, 4) is 0 Å². The highest BCUT2D eigenvalue weighted by molar-refractivity contribution is 8.00. The summed E-state index contributed by atoms with van der Waals surface area (Å²) in [7, 11) is 0. The van der Waals surface area contributed by atoms with Crippen LogP contribution in [0.15, 0.2) is 23.1 Å². The average Bonchev–Trinajstić information content (AvgIpc) is 2.84. The number of hydrogen-bond donors (Lipinski definition) is 0. The molecule has 2 rings (SSSR count). The van der Waals surface area contributed by atoms with Gasteiger partial charge in [-0.05, 0) is 24.6 Å². The van der Waals surface area contributed by atoms with Crippen LogP contribution in [-0.4, -0.2) is 24.7 Å². The molecule has 0 amide bonds. The van der Waals surface area contributed by atoms with Gasteiger partial charge in [0.1, 0.15) is 5.78 Å². The third kappa shape index (κ3) is 3.62. The Morgan fingerprint density at radius 3 is 2.88 bits per heavy atom. The van der Waals surface area contributed by atoms with E-state index < -0.39 is 0 Å². The number of halogens is 2. The summed E-state index contributed by atoms with van der Waals surface area (Å²) in [4.78, 5) is 12.8. The zero-order valence-electron chi connectivity index (χ0n) is 9.12. The Morgan fingerprint density at radius 1 is 1.41 bits per heavy atom. The first-order chi connectivity index (χ1) is 8.16. The molecule has 5 heteroatoms. The topological polar surface area (TPSA) is 26.3 Å². The van der Waals surface area contributed by atoms with Crippen LogP contribution in [0, 0.1) is 5.92 Å². The molecule has 1 atom stereocenters. The van der Waals surface area contributed by atoms with E-state index in [1.54, 1.807) is 12.1 Å². The van der Waals surface area contributed by atoms with E-state index in [0.29, 0.717) is 29.0 Å². The Bertz CT molecular complexity index is 417. The molecule has 0 aromatic heterocycles. The predicted octanol–water partition coefficient (Wildman–Crippen LogP) is 3.69. The lowest BCUT2D eigenvalue weighted by atomic mass is 10.1. The molecule has 1 aliphatic heterocycles. The Morgan fingerprint density at radius 2 is 2.24 bits per heavy atom. The monoisotopic (exact) mass is 290 g/mol. The average molecular weight is 291 g/mol. The Balaban J connectivity index is 1.88. The fraction of sp³-hybridized carbons (Fsp3) is 0.417. The molecule has 1 aliphatic rings. The Kier molecular flexibility index (Phi) is 4.74. The number of Topliss-reactive ketones (excluding diaryl/α,β-unsaturated/α-hetero) is 1. The van der Waals surface area contributed by atoms with E-state index in [-0.39, 0.29) is 11.7 Å². The molecule has 0 saturated carbocycles. The molecule has 1 fully saturated rings. The highest BCUT2D eigenvalue weighted by atomic mass is 35.5. The fourth-order valence-corrected chi connectivity index (χ4v) is 2.90. The molecule has 1 aromatic carbocycles. The Labute approximate surface area is 115 Å². The van der Waals surface area contributed by atoms with Crippen molar-refractivity contribution in [3.05, 3.63) is 28.2 Å². The SMILES string of the molecule is O=C(CSc1ccc(Cl)c(Cl)c1)C1CCOC1. The second kappa shape index (κ2) is 6.10. The second-order valence-corrected chi connectivity index (χ2v) is 5.75. The molecule has 92 valence electrons. The lowest BCUT2D eigenvalue weighted by molar-refractivity contribution is -0.120. The molecule has 0 spiro atoms. The summed E-state index contributed by atoms with van der Waals surface area (Å²) in [5.74, 6) is 0.787. The van der Waals surface area contributed by atoms with Crippen LogP contribution in [0.2, 0.25) is 10.0 Å². The summed E-state index contributed by atoms with van der Waals surface area (Å²) in [5.41, 5.74) is 0. The highest BCUT2D eigenvalue weighted by Crippen LogP contribution is 2.28. The number of rotatable bonds is 4. The number of benzene rings is 1. The largest absolute Gasteiger partial charge is 0.381 e. The summed E-state index contributed by atoms with van der Waals surface area (Å²) < 4.78 is 5.20. The molecule has 1 unspecified atom stereocenters. The second-order valence-electron chi connectivity index (χ2n) is 3.89. The lowest BCUT2D eigenvalue weighted by Crippen LogP contribution is -2.16. The molecule has 17 heavy (non-hydrogen) atoms. The molecule has 1 heterocycles. The van der Waals surface area contributed by atoms with E-state index in [1.807, 2.05) is 6.07 Å². The van der Waals surface area contributed by atoms with Crippen molar-refractivity contribution in [2.75, 3.05) is 19.0 Å². The van der Waals surface area contributed by atoms with E-state index in [2.05, 4.69) is 0 Å². The van der Waals surface area contributed by atoms with Crippen LogP contribution in [0.3, 0.4) is 0 Å². The van der Waals surface area contributed by atoms with Gasteiger partial charge in [-0.1, -0.05) is 23.2 Å². The van der Waals surface area contributed by atoms with Gasteiger partial charge in [-0.15, -0.1) is 11.8 Å². The number of ketones is 1. The normalized spacial score (nSPS) is 19.5. The zero-order valence-corrected chi connectivity index (χ0v) is 11.4. The number of carbonyl (C=O) groups is 1. The molecule has 0 radical (unpaired) electrons. The molecule has 0 aliphatic carbocycles. The number of ether oxygens (including phenoxy) is 1. The van der Waals surface area contributed by atoms with Gasteiger partial charge < -0.3 is 4.74 Å². The standard InChI is InChI=1S/C12H12Cl2O2S/c13-10-2-1-9(5-11(10)14)17-7-12(15)8-3-4-16-6-8/h1-2,5,8H,3-4,6-7H2. The minimum atomic E-state index is 0.0743. The zero-order chi connectivity index (χ0) is 12.3. The van der Waals surface area contributed by atoms with Gasteiger partial charge in [0.15, 0.2) is 0 Å². The van der Waals surface area contributed by atoms with Gasteiger partial charge in [0.2, 0.25) is 0 Å². The summed E-state index contributed by atoms with van der Waals surface area (Å²) in [6.07, 6.45) is 0.848. The summed E-state index contributed by atoms with van der Waals surface area (Å²) >= 11 is 13.2. The van der Waals surface area contributed by atoms with Crippen molar-refractivity contribution < 1.29 is 9.53 Å². The Hall–Kier alpha value is -0.220. The fourth-order valence-electron chi connectivity index (χ4n) is 1.63. The van der Waals surface area contributed by atoms with Gasteiger partial charge in [-0.25, -0.2) is 0 Å². The van der Waals surface area contributed by atoms with Crippen LogP contribution in [-0.2, 0) is 9.53 Å². The van der Waals surface area contributed by atoms with Gasteiger partial charge in [0.05, 0.1) is 22.4 Å². The molecular weight excluding hydrogens is 279 g/mol. The van der Waals surface area contributed by atoms with Gasteiger partial charge >= 0.3 is 0 Å². The van der Waals surface area contributed by atoms with E-state index in [0.717, 1.165) is 11.3 Å². The number of hydrogen-bond acceptors (Lipinski definition) is 3. The molecule has 1 aromatic rings. The van der Waals surface area contributed by atoms with Crippen LogP contribution in [0.5, 0.6) is 0 Å². The van der Waals surface area contributed by atoms with E-state index in [4.69, 9.17) is 27.9 Å². The first-order valence-corrected chi connectivity index (χ1v) is 7.09. The van der Waals surface area contributed by atoms with Gasteiger partial charge in [-0.3, -0.25) is 4.79 Å². The molecule has 0 bridgehead atoms. The summed E-state index contributed by atoms with van der Waals surface area (Å²) in [5, 5.41) is 1.06. The van der Waals surface area contributed by atoms with Gasteiger partial charge in [0.25, 0.3) is 0 Å². The van der Waals surface area contributed by atoms with Crippen molar-refractivity contribution >= 4 is 40.7 Å². The minimum Gasteiger partial charge on any atom is -0.381 e. The lowest BCUT2D eigenvalue weighted by Gasteiger charge is -2.06. The quantitative estimate of drug-likeness (QED) is 0.791. The van der Waals surface area contributed by atoms with Crippen LogP contribution in [0.25, 0.3) is 0 Å². The van der Waals surface area contributed by atoms with Crippen LogP contribution in [0.4, 0.5) is 0 Å². The van der Waals surface area contributed by atoms with Crippen molar-refractivity contribution in [2.45, 2.75) is 11.3 Å². The smallest absolute Gasteiger partial charge is 0.148 e. The van der Waals surface area contributed by atoms with Crippen LogP contribution in [0.1, 0.15) is 6.42 Å². The molecule has 0 N–H and O–H groups in total. The maximum absolute atomic E-state index is 11.8. The summed E-state index contributed by atoms with van der Waals surface area (Å²) in [6, 6.07) is 5.40. The minimum absolute atomic E-state index is 0.0743. The first-order valence-electron chi connectivity index (χ1n) is 5.35. The van der Waals surface area contributed by atoms with Gasteiger partial charge in [0, 0.05) is 17.4 Å². The van der Waals surface area contributed by atoms with Crippen LogP contribution >= 0.6 is 35.0 Å². The predicted molar refractivity (Wildman–Crippen MR) is 71.1 cm³/mol. The number of thioether (sulfide) groups is 1. The molecule has 2 nitrogen and oxygen atoms in total. The third-order valence-electron chi connectivity index (χ3n) is 2.66. The highest BCUT2D eigenvalue weighted by Gasteiger charge is 2.23. The number of carbonyl (C=O) groups excluding carboxylic acids is 1. The third-order valence-corrected chi connectivity index (χ3v) is 4.41.